The molecule has 20 heavy (non-hydrogen) atoms. The Morgan fingerprint density at radius 2 is 2.10 bits per heavy atom. The highest BCUT2D eigenvalue weighted by molar-refractivity contribution is 7.13. The molecule has 0 saturated carbocycles. The molecule has 0 aliphatic rings. The minimum absolute atomic E-state index is 0.162. The molecule has 1 N–H and O–H groups in total. The van der Waals surface area contributed by atoms with Crippen molar-refractivity contribution >= 4 is 33.4 Å². The van der Waals surface area contributed by atoms with E-state index in [1.807, 2.05) is 36.9 Å². The summed E-state index contributed by atoms with van der Waals surface area (Å²) >= 11 is 1.42. The van der Waals surface area contributed by atoms with Gasteiger partial charge in [-0.15, -0.1) is 11.3 Å². The lowest BCUT2D eigenvalue weighted by Gasteiger charge is -2.02. The maximum atomic E-state index is 12.2. The summed E-state index contributed by atoms with van der Waals surface area (Å²) in [6, 6.07) is 5.52. The molecule has 2 aromatic heterocycles. The van der Waals surface area contributed by atoms with E-state index in [0.29, 0.717) is 10.7 Å². The zero-order chi connectivity index (χ0) is 14.3. The van der Waals surface area contributed by atoms with Gasteiger partial charge in [-0.1, -0.05) is 0 Å². The maximum absolute atomic E-state index is 12.2. The van der Waals surface area contributed by atoms with Gasteiger partial charge < -0.3 is 4.57 Å². The van der Waals surface area contributed by atoms with E-state index in [4.69, 9.17) is 0 Å². The number of nitrogens with zero attached hydrogens (tertiary/aromatic N) is 3. The van der Waals surface area contributed by atoms with Crippen LogP contribution in [0.1, 0.15) is 21.9 Å². The molecule has 3 aromatic rings. The summed E-state index contributed by atoms with van der Waals surface area (Å²) in [5.74, 6) is 0.762. The molecule has 0 unspecified atom stereocenters. The first-order valence-electron chi connectivity index (χ1n) is 6.21. The first kappa shape index (κ1) is 12.8. The van der Waals surface area contributed by atoms with Crippen molar-refractivity contribution in [3.8, 4) is 0 Å². The number of imidazole rings is 1. The summed E-state index contributed by atoms with van der Waals surface area (Å²) in [5.41, 5.74) is 3.33. The monoisotopic (exact) mass is 286 g/mol. The normalized spacial score (nSPS) is 10.9. The number of hydrogen-bond donors (Lipinski definition) is 1. The van der Waals surface area contributed by atoms with Crippen LogP contribution < -0.4 is 5.32 Å². The number of aromatic nitrogens is 3. The van der Waals surface area contributed by atoms with E-state index < -0.39 is 0 Å². The largest absolute Gasteiger partial charge is 0.331 e. The summed E-state index contributed by atoms with van der Waals surface area (Å²) in [5, 5.41) is 5.32. The van der Waals surface area contributed by atoms with Crippen LogP contribution in [-0.4, -0.2) is 20.4 Å². The van der Waals surface area contributed by atoms with Crippen LogP contribution in [0.15, 0.2) is 23.6 Å². The highest BCUT2D eigenvalue weighted by Crippen LogP contribution is 2.19. The van der Waals surface area contributed by atoms with E-state index in [0.717, 1.165) is 22.6 Å². The van der Waals surface area contributed by atoms with Crippen molar-refractivity contribution in [1.29, 1.82) is 0 Å². The molecule has 1 aromatic carbocycles. The number of amides is 1. The van der Waals surface area contributed by atoms with Gasteiger partial charge in [0.05, 0.1) is 16.7 Å². The van der Waals surface area contributed by atoms with Gasteiger partial charge >= 0.3 is 0 Å². The fourth-order valence-corrected chi connectivity index (χ4v) is 2.73. The minimum atomic E-state index is -0.162. The Balaban J connectivity index is 1.91. The third-order valence-electron chi connectivity index (χ3n) is 3.21. The molecule has 0 atom stereocenters. The molecule has 0 bridgehead atoms. The van der Waals surface area contributed by atoms with Crippen LogP contribution in [0.4, 0.5) is 5.13 Å². The Hall–Kier alpha value is -2.21. The number of hydrogen-bond acceptors (Lipinski definition) is 4. The van der Waals surface area contributed by atoms with Crippen molar-refractivity contribution in [3.63, 3.8) is 0 Å². The van der Waals surface area contributed by atoms with Crippen molar-refractivity contribution in [1.82, 2.24) is 14.5 Å². The van der Waals surface area contributed by atoms with Crippen molar-refractivity contribution in [2.24, 2.45) is 7.05 Å². The molecular weight excluding hydrogens is 272 g/mol. The van der Waals surface area contributed by atoms with Gasteiger partial charge in [0.2, 0.25) is 0 Å². The smallest absolute Gasteiger partial charge is 0.257 e. The standard InChI is InChI=1S/C14H14N4OS/c1-8-7-20-14(15-8)17-13(19)10-4-5-12-11(6-10)16-9(2)18(12)3/h4-7H,1-3H3,(H,15,17,19). The van der Waals surface area contributed by atoms with Gasteiger partial charge in [0, 0.05) is 18.0 Å². The molecule has 102 valence electrons. The van der Waals surface area contributed by atoms with Crippen LogP contribution in [0.25, 0.3) is 11.0 Å². The molecule has 6 heteroatoms. The quantitative estimate of drug-likeness (QED) is 0.788. The van der Waals surface area contributed by atoms with Gasteiger partial charge in [-0.25, -0.2) is 9.97 Å². The molecule has 0 aliphatic carbocycles. The van der Waals surface area contributed by atoms with Crippen molar-refractivity contribution < 1.29 is 4.79 Å². The summed E-state index contributed by atoms with van der Waals surface area (Å²) in [4.78, 5) is 20.8. The molecule has 3 rings (SSSR count). The van der Waals surface area contributed by atoms with Crippen LogP contribution in [0, 0.1) is 13.8 Å². The predicted molar refractivity (Wildman–Crippen MR) is 80.3 cm³/mol. The Kier molecular flexibility index (Phi) is 3.02. The molecule has 0 fully saturated rings. The maximum Gasteiger partial charge on any atom is 0.257 e. The van der Waals surface area contributed by atoms with Crippen molar-refractivity contribution in [3.05, 3.63) is 40.7 Å². The molecular formula is C14H14N4OS. The van der Waals surface area contributed by atoms with Gasteiger partial charge in [0.15, 0.2) is 5.13 Å². The molecule has 5 nitrogen and oxygen atoms in total. The zero-order valence-electron chi connectivity index (χ0n) is 11.5. The second kappa shape index (κ2) is 4.72. The number of thiazole rings is 1. The van der Waals surface area contributed by atoms with Crippen LogP contribution in [-0.2, 0) is 7.05 Å². The second-order valence-corrected chi connectivity index (χ2v) is 5.53. The van der Waals surface area contributed by atoms with E-state index in [1.165, 1.54) is 11.3 Å². The lowest BCUT2D eigenvalue weighted by molar-refractivity contribution is 0.102. The van der Waals surface area contributed by atoms with Crippen LogP contribution >= 0.6 is 11.3 Å². The molecule has 2 heterocycles. The summed E-state index contributed by atoms with van der Waals surface area (Å²) in [6.07, 6.45) is 0. The van der Waals surface area contributed by atoms with Gasteiger partial charge in [-0.3, -0.25) is 10.1 Å². The van der Waals surface area contributed by atoms with E-state index in [9.17, 15) is 4.79 Å². The molecule has 1 amide bonds. The van der Waals surface area contributed by atoms with Gasteiger partial charge in [-0.05, 0) is 32.0 Å². The molecule has 0 saturated heterocycles. The van der Waals surface area contributed by atoms with Crippen LogP contribution in [0.5, 0.6) is 0 Å². The highest BCUT2D eigenvalue weighted by atomic mass is 32.1. The average Bonchev–Trinajstić information content (AvgIpc) is 2.94. The van der Waals surface area contributed by atoms with E-state index in [-0.39, 0.29) is 5.91 Å². The Bertz CT molecular complexity index is 803. The average molecular weight is 286 g/mol. The lowest BCUT2D eigenvalue weighted by atomic mass is 10.2. The number of benzene rings is 1. The number of anilines is 1. The van der Waals surface area contributed by atoms with E-state index in [2.05, 4.69) is 15.3 Å². The SMILES string of the molecule is Cc1csc(NC(=O)c2ccc3c(c2)nc(C)n3C)n1. The Labute approximate surface area is 120 Å². The zero-order valence-corrected chi connectivity index (χ0v) is 12.3. The third kappa shape index (κ3) is 2.18. The summed E-state index contributed by atoms with van der Waals surface area (Å²) in [6.45, 7) is 3.84. The fraction of sp³-hybridized carbons (Fsp3) is 0.214. The number of fused-ring (bicyclic) bond motifs is 1. The summed E-state index contributed by atoms with van der Waals surface area (Å²) in [7, 11) is 1.96. The summed E-state index contributed by atoms with van der Waals surface area (Å²) < 4.78 is 2.00. The lowest BCUT2D eigenvalue weighted by Crippen LogP contribution is -2.11. The topological polar surface area (TPSA) is 59.8 Å². The number of nitrogens with one attached hydrogen (secondary N) is 1. The van der Waals surface area contributed by atoms with Crippen molar-refractivity contribution in [2.75, 3.05) is 5.32 Å². The number of carbonyl (C=O) groups is 1. The molecule has 0 aliphatic heterocycles. The van der Waals surface area contributed by atoms with Gasteiger partial charge in [0.1, 0.15) is 5.82 Å². The first-order valence-corrected chi connectivity index (χ1v) is 7.09. The van der Waals surface area contributed by atoms with Crippen LogP contribution in [0.3, 0.4) is 0 Å². The molecule has 0 spiro atoms. The highest BCUT2D eigenvalue weighted by Gasteiger charge is 2.11. The van der Waals surface area contributed by atoms with Crippen LogP contribution in [0.2, 0.25) is 0 Å². The number of aryl methyl sites for hydroxylation is 3. The molecule has 0 radical (unpaired) electrons. The minimum Gasteiger partial charge on any atom is -0.331 e. The number of rotatable bonds is 2. The van der Waals surface area contributed by atoms with E-state index in [1.54, 1.807) is 12.1 Å². The fourth-order valence-electron chi connectivity index (χ4n) is 2.04. The predicted octanol–water partition coefficient (Wildman–Crippen LogP) is 2.90. The number of carbonyl (C=O) groups excluding carboxylic acids is 1. The van der Waals surface area contributed by atoms with E-state index >= 15 is 0 Å². The van der Waals surface area contributed by atoms with Gasteiger partial charge in [-0.2, -0.15) is 0 Å². The third-order valence-corrected chi connectivity index (χ3v) is 4.08. The second-order valence-electron chi connectivity index (χ2n) is 4.67. The Morgan fingerprint density at radius 1 is 1.30 bits per heavy atom. The Morgan fingerprint density at radius 3 is 2.80 bits per heavy atom. The first-order chi connectivity index (χ1) is 9.54. The van der Waals surface area contributed by atoms with Gasteiger partial charge in [0.25, 0.3) is 5.91 Å². The van der Waals surface area contributed by atoms with Crippen molar-refractivity contribution in [2.45, 2.75) is 13.8 Å².